The van der Waals surface area contributed by atoms with E-state index >= 15 is 0 Å². The number of aromatic nitrogens is 2. The number of hydrogen-bond donors (Lipinski definition) is 1. The van der Waals surface area contributed by atoms with Crippen molar-refractivity contribution in [2.45, 2.75) is 13.5 Å². The van der Waals surface area contributed by atoms with E-state index in [1.807, 2.05) is 6.92 Å². The number of aromatic carboxylic acids is 1. The molecule has 0 atom stereocenters. The Hall–Kier alpha value is -1.80. The van der Waals surface area contributed by atoms with Crippen LogP contribution in [0.3, 0.4) is 0 Å². The molecule has 0 saturated carbocycles. The van der Waals surface area contributed by atoms with Crippen molar-refractivity contribution in [2.75, 3.05) is 7.05 Å². The number of carboxylic acid groups (broad SMARTS) is 1. The van der Waals surface area contributed by atoms with Crippen LogP contribution in [0.4, 0.5) is 0 Å². The Balaban J connectivity index is 2.10. The normalized spacial score (nSPS) is 10.4. The summed E-state index contributed by atoms with van der Waals surface area (Å²) < 4.78 is 0. The zero-order valence-corrected chi connectivity index (χ0v) is 11.9. The van der Waals surface area contributed by atoms with E-state index in [1.54, 1.807) is 12.6 Å². The van der Waals surface area contributed by atoms with E-state index in [9.17, 15) is 9.59 Å². The van der Waals surface area contributed by atoms with Gasteiger partial charge >= 0.3 is 5.97 Å². The number of hydrogen-bond acceptors (Lipinski definition) is 6. The molecule has 6 nitrogen and oxygen atoms in total. The maximum Gasteiger partial charge on any atom is 0.355 e. The largest absolute Gasteiger partial charge is 0.476 e. The van der Waals surface area contributed by atoms with Gasteiger partial charge in [-0.15, -0.1) is 22.7 Å². The van der Waals surface area contributed by atoms with E-state index in [1.165, 1.54) is 21.6 Å². The third-order valence-electron chi connectivity index (χ3n) is 2.48. The minimum absolute atomic E-state index is 0.101. The number of carbonyl (C=O) groups excluding carboxylic acids is 1. The summed E-state index contributed by atoms with van der Waals surface area (Å²) in [6.45, 7) is 2.33. The highest BCUT2D eigenvalue weighted by atomic mass is 32.1. The minimum Gasteiger partial charge on any atom is -0.476 e. The molecule has 8 heteroatoms. The second-order valence-corrected chi connectivity index (χ2v) is 5.66. The highest BCUT2D eigenvalue weighted by molar-refractivity contribution is 7.12. The lowest BCUT2D eigenvalue weighted by Crippen LogP contribution is -2.26. The monoisotopic (exact) mass is 297 g/mol. The van der Waals surface area contributed by atoms with Gasteiger partial charge in [-0.1, -0.05) is 0 Å². The van der Waals surface area contributed by atoms with Crippen LogP contribution in [0.2, 0.25) is 0 Å². The number of rotatable bonds is 4. The summed E-state index contributed by atoms with van der Waals surface area (Å²) in [5, 5.41) is 10.3. The molecule has 0 aromatic carbocycles. The quantitative estimate of drug-likeness (QED) is 0.931. The van der Waals surface area contributed by atoms with Crippen LogP contribution in [-0.4, -0.2) is 38.9 Å². The van der Waals surface area contributed by atoms with Crippen LogP contribution < -0.4 is 0 Å². The number of carbonyl (C=O) groups is 2. The van der Waals surface area contributed by atoms with Crippen LogP contribution in [0.1, 0.15) is 30.9 Å². The van der Waals surface area contributed by atoms with E-state index < -0.39 is 5.97 Å². The van der Waals surface area contributed by atoms with Gasteiger partial charge in [-0.25, -0.2) is 14.8 Å². The fourth-order valence-corrected chi connectivity index (χ4v) is 3.01. The molecular weight excluding hydrogens is 286 g/mol. The topological polar surface area (TPSA) is 83.4 Å². The summed E-state index contributed by atoms with van der Waals surface area (Å²) in [5.74, 6) is -1.42. The summed E-state index contributed by atoms with van der Waals surface area (Å²) in [4.78, 5) is 33.2. The molecule has 2 aromatic rings. The van der Waals surface area contributed by atoms with Crippen molar-refractivity contribution >= 4 is 34.6 Å². The number of thiazole rings is 2. The Morgan fingerprint density at radius 3 is 2.68 bits per heavy atom. The van der Waals surface area contributed by atoms with Crippen molar-refractivity contribution in [1.29, 1.82) is 0 Å². The highest BCUT2D eigenvalue weighted by Gasteiger charge is 2.19. The molecule has 0 aliphatic rings. The molecule has 2 aromatic heterocycles. The van der Waals surface area contributed by atoms with E-state index in [2.05, 4.69) is 9.97 Å². The Morgan fingerprint density at radius 1 is 1.42 bits per heavy atom. The molecule has 2 heterocycles. The van der Waals surface area contributed by atoms with Crippen LogP contribution in [0.25, 0.3) is 0 Å². The van der Waals surface area contributed by atoms with Gasteiger partial charge in [-0.05, 0) is 6.92 Å². The number of nitrogens with zero attached hydrogens (tertiary/aromatic N) is 3. The molecule has 0 radical (unpaired) electrons. The van der Waals surface area contributed by atoms with Gasteiger partial charge in [0.15, 0.2) is 10.7 Å². The molecule has 0 fully saturated rings. The van der Waals surface area contributed by atoms with E-state index in [0.717, 1.165) is 21.9 Å². The van der Waals surface area contributed by atoms with Crippen LogP contribution in [0.15, 0.2) is 10.9 Å². The Kier molecular flexibility index (Phi) is 3.91. The molecule has 19 heavy (non-hydrogen) atoms. The molecule has 0 bridgehead atoms. The standard InChI is InChI=1S/C11H11N3O3S2/c1-6-8(19-5-12-6)3-14(2)10(15)9-13-7(4-18-9)11(16)17/h4-5H,3H2,1-2H3,(H,16,17). The fourth-order valence-electron chi connectivity index (χ4n) is 1.40. The highest BCUT2D eigenvalue weighted by Crippen LogP contribution is 2.17. The van der Waals surface area contributed by atoms with Crippen LogP contribution in [0, 0.1) is 6.92 Å². The lowest BCUT2D eigenvalue weighted by molar-refractivity contribution is 0.0691. The molecule has 0 unspecified atom stereocenters. The first-order valence-electron chi connectivity index (χ1n) is 5.32. The molecule has 2 rings (SSSR count). The molecule has 0 aliphatic heterocycles. The molecule has 1 N–H and O–H groups in total. The van der Waals surface area contributed by atoms with E-state index in [-0.39, 0.29) is 16.6 Å². The summed E-state index contributed by atoms with van der Waals surface area (Å²) in [7, 11) is 1.66. The van der Waals surface area contributed by atoms with E-state index in [0.29, 0.717) is 6.54 Å². The van der Waals surface area contributed by atoms with Gasteiger partial charge in [0, 0.05) is 17.3 Å². The molecule has 0 spiro atoms. The second-order valence-electron chi connectivity index (χ2n) is 3.87. The maximum absolute atomic E-state index is 12.1. The molecule has 0 saturated heterocycles. The molecule has 1 amide bonds. The third kappa shape index (κ3) is 2.96. The van der Waals surface area contributed by atoms with Crippen LogP contribution in [-0.2, 0) is 6.54 Å². The van der Waals surface area contributed by atoms with E-state index in [4.69, 9.17) is 5.11 Å². The lowest BCUT2D eigenvalue weighted by Gasteiger charge is -2.14. The van der Waals surface area contributed by atoms with Crippen molar-refractivity contribution in [1.82, 2.24) is 14.9 Å². The number of amides is 1. The Labute approximate surface area is 117 Å². The first kappa shape index (κ1) is 13.6. The zero-order chi connectivity index (χ0) is 14.0. The maximum atomic E-state index is 12.1. The fraction of sp³-hybridized carbons (Fsp3) is 0.273. The minimum atomic E-state index is -1.13. The van der Waals surface area contributed by atoms with Gasteiger partial charge < -0.3 is 10.0 Å². The molecular formula is C11H11N3O3S2. The van der Waals surface area contributed by atoms with Gasteiger partial charge in [-0.2, -0.15) is 0 Å². The van der Waals surface area contributed by atoms with Crippen LogP contribution in [0.5, 0.6) is 0 Å². The SMILES string of the molecule is Cc1ncsc1CN(C)C(=O)c1nc(C(=O)O)cs1. The summed E-state index contributed by atoms with van der Waals surface area (Å²) in [6, 6.07) is 0. The lowest BCUT2D eigenvalue weighted by atomic mass is 10.3. The molecule has 0 aliphatic carbocycles. The zero-order valence-electron chi connectivity index (χ0n) is 10.3. The van der Waals surface area contributed by atoms with Crippen molar-refractivity contribution < 1.29 is 14.7 Å². The summed E-state index contributed by atoms with van der Waals surface area (Å²) >= 11 is 2.52. The summed E-state index contributed by atoms with van der Waals surface area (Å²) in [5.41, 5.74) is 2.53. The predicted molar refractivity (Wildman–Crippen MR) is 71.7 cm³/mol. The number of aryl methyl sites for hydroxylation is 1. The van der Waals surface area contributed by atoms with Gasteiger partial charge in [0.2, 0.25) is 0 Å². The Morgan fingerprint density at radius 2 is 2.16 bits per heavy atom. The van der Waals surface area contributed by atoms with Gasteiger partial charge in [0.25, 0.3) is 5.91 Å². The van der Waals surface area contributed by atoms with Crippen molar-refractivity contribution in [3.8, 4) is 0 Å². The van der Waals surface area contributed by atoms with Crippen molar-refractivity contribution in [3.05, 3.63) is 32.2 Å². The molecule has 100 valence electrons. The number of carboxylic acids is 1. The van der Waals surface area contributed by atoms with Gasteiger partial charge in [0.1, 0.15) is 0 Å². The summed E-state index contributed by atoms with van der Waals surface area (Å²) in [6.07, 6.45) is 0. The van der Waals surface area contributed by atoms with Gasteiger partial charge in [0.05, 0.1) is 17.7 Å². The average molecular weight is 297 g/mol. The van der Waals surface area contributed by atoms with Crippen LogP contribution >= 0.6 is 22.7 Å². The predicted octanol–water partition coefficient (Wildman–Crippen LogP) is 1.88. The van der Waals surface area contributed by atoms with Gasteiger partial charge in [-0.3, -0.25) is 4.79 Å². The average Bonchev–Trinajstić information content (AvgIpc) is 2.98. The smallest absolute Gasteiger partial charge is 0.355 e. The third-order valence-corrected chi connectivity index (χ3v) is 4.23. The first-order valence-corrected chi connectivity index (χ1v) is 7.08. The van der Waals surface area contributed by atoms with Crippen molar-refractivity contribution in [3.63, 3.8) is 0 Å². The Bertz CT molecular complexity index is 620. The first-order chi connectivity index (χ1) is 8.99. The second kappa shape index (κ2) is 5.45. The van der Waals surface area contributed by atoms with Crippen molar-refractivity contribution in [2.24, 2.45) is 0 Å².